The molecule has 5 heteroatoms. The Balaban J connectivity index is 1.85. The van der Waals surface area contributed by atoms with Gasteiger partial charge in [-0.3, -0.25) is 4.90 Å². The third-order valence-corrected chi connectivity index (χ3v) is 4.14. The molecule has 2 heterocycles. The molecule has 0 amide bonds. The number of rotatable bonds is 7. The van der Waals surface area contributed by atoms with Crippen molar-refractivity contribution in [2.24, 2.45) is 5.92 Å². The van der Waals surface area contributed by atoms with Gasteiger partial charge < -0.3 is 9.47 Å². The number of likely N-dealkylation sites (tertiary alicyclic amines) is 1. The summed E-state index contributed by atoms with van der Waals surface area (Å²) >= 11 is 0. The molecule has 0 bridgehead atoms. The Bertz CT molecular complexity index is 416. The lowest BCUT2D eigenvalue weighted by Gasteiger charge is -2.50. The van der Waals surface area contributed by atoms with E-state index in [2.05, 4.69) is 28.7 Å². The first-order chi connectivity index (χ1) is 9.60. The van der Waals surface area contributed by atoms with E-state index in [1.165, 1.54) is 6.42 Å². The van der Waals surface area contributed by atoms with Gasteiger partial charge in [0.1, 0.15) is 0 Å². The number of aromatic nitrogens is 2. The molecular formula is C15H25N3O2. The normalized spacial score (nSPS) is 19.4. The quantitative estimate of drug-likeness (QED) is 0.765. The van der Waals surface area contributed by atoms with Crippen LogP contribution in [-0.2, 0) is 11.3 Å². The highest BCUT2D eigenvalue weighted by atomic mass is 16.5. The highest BCUT2D eigenvalue weighted by Gasteiger charge is 2.43. The van der Waals surface area contributed by atoms with E-state index in [4.69, 9.17) is 9.47 Å². The molecule has 1 fully saturated rings. The fraction of sp³-hybridized carbons (Fsp3) is 0.733. The van der Waals surface area contributed by atoms with Crippen LogP contribution in [0, 0.1) is 5.92 Å². The number of ether oxygens (including phenoxy) is 2. The average Bonchev–Trinajstić information content (AvgIpc) is 2.45. The standard InChI is InChI=1S/C15H25N3O2/c1-5-12(2)6-15(20-4)10-18(11-15)9-13-7-16-14(19-3)17-8-13/h7-8,12H,5-6,9-11H2,1-4H3. The van der Waals surface area contributed by atoms with Crippen LogP contribution >= 0.6 is 0 Å². The number of methoxy groups -OCH3 is 2. The van der Waals surface area contributed by atoms with Gasteiger partial charge in [0.05, 0.1) is 12.7 Å². The van der Waals surface area contributed by atoms with Crippen LogP contribution in [-0.4, -0.2) is 47.8 Å². The molecule has 1 aliphatic heterocycles. The van der Waals surface area contributed by atoms with E-state index in [0.29, 0.717) is 11.9 Å². The summed E-state index contributed by atoms with van der Waals surface area (Å²) in [7, 11) is 3.41. The molecule has 0 N–H and O–H groups in total. The van der Waals surface area contributed by atoms with Crippen molar-refractivity contribution in [2.45, 2.75) is 38.8 Å². The zero-order chi connectivity index (χ0) is 14.6. The maximum Gasteiger partial charge on any atom is 0.316 e. The Morgan fingerprint density at radius 3 is 2.45 bits per heavy atom. The van der Waals surface area contributed by atoms with Gasteiger partial charge >= 0.3 is 6.01 Å². The van der Waals surface area contributed by atoms with Crippen molar-refractivity contribution in [3.8, 4) is 6.01 Å². The molecule has 5 nitrogen and oxygen atoms in total. The number of nitrogens with zero attached hydrogens (tertiary/aromatic N) is 3. The first kappa shape index (κ1) is 15.2. The van der Waals surface area contributed by atoms with Crippen LogP contribution < -0.4 is 4.74 Å². The molecule has 0 aromatic carbocycles. The molecular weight excluding hydrogens is 254 g/mol. The van der Waals surface area contributed by atoms with E-state index >= 15 is 0 Å². The van der Waals surface area contributed by atoms with Gasteiger partial charge in [-0.25, -0.2) is 9.97 Å². The summed E-state index contributed by atoms with van der Waals surface area (Å²) < 4.78 is 10.7. The van der Waals surface area contributed by atoms with Gasteiger partial charge in [-0.15, -0.1) is 0 Å². The molecule has 1 aromatic heterocycles. The third-order valence-electron chi connectivity index (χ3n) is 4.14. The molecule has 0 spiro atoms. The van der Waals surface area contributed by atoms with Crippen LogP contribution in [0.3, 0.4) is 0 Å². The minimum absolute atomic E-state index is 0.0444. The number of hydrogen-bond acceptors (Lipinski definition) is 5. The molecule has 0 saturated carbocycles. The summed E-state index contributed by atoms with van der Waals surface area (Å²) in [6.07, 6.45) is 5.99. The summed E-state index contributed by atoms with van der Waals surface area (Å²) in [6.45, 7) is 7.37. The van der Waals surface area contributed by atoms with Crippen molar-refractivity contribution >= 4 is 0 Å². The Hall–Kier alpha value is -1.20. The molecule has 1 aliphatic rings. The zero-order valence-electron chi connectivity index (χ0n) is 12.9. The van der Waals surface area contributed by atoms with Gasteiger partial charge in [0.2, 0.25) is 0 Å². The summed E-state index contributed by atoms with van der Waals surface area (Å²) in [4.78, 5) is 10.6. The van der Waals surface area contributed by atoms with Crippen molar-refractivity contribution in [3.05, 3.63) is 18.0 Å². The molecule has 112 valence electrons. The second kappa shape index (κ2) is 6.50. The first-order valence-electron chi connectivity index (χ1n) is 7.23. The molecule has 0 aliphatic carbocycles. The SMILES string of the molecule is CCC(C)CC1(OC)CN(Cc2cnc(OC)nc2)C1. The Morgan fingerprint density at radius 1 is 1.30 bits per heavy atom. The van der Waals surface area contributed by atoms with Gasteiger partial charge in [-0.2, -0.15) is 0 Å². The van der Waals surface area contributed by atoms with E-state index in [1.54, 1.807) is 7.11 Å². The minimum atomic E-state index is 0.0444. The topological polar surface area (TPSA) is 47.5 Å². The summed E-state index contributed by atoms with van der Waals surface area (Å²) in [6, 6.07) is 0.417. The summed E-state index contributed by atoms with van der Waals surface area (Å²) in [5, 5.41) is 0. The Labute approximate surface area is 121 Å². The second-order valence-electron chi connectivity index (χ2n) is 5.83. The maximum absolute atomic E-state index is 5.76. The maximum atomic E-state index is 5.76. The van der Waals surface area contributed by atoms with E-state index in [-0.39, 0.29) is 5.60 Å². The zero-order valence-corrected chi connectivity index (χ0v) is 12.9. The molecule has 20 heavy (non-hydrogen) atoms. The fourth-order valence-corrected chi connectivity index (χ4v) is 2.79. The number of hydrogen-bond donors (Lipinski definition) is 0. The Morgan fingerprint density at radius 2 is 1.95 bits per heavy atom. The van der Waals surface area contributed by atoms with Crippen LogP contribution in [0.2, 0.25) is 0 Å². The van der Waals surface area contributed by atoms with E-state index < -0.39 is 0 Å². The summed E-state index contributed by atoms with van der Waals surface area (Å²) in [5.74, 6) is 0.710. The lowest BCUT2D eigenvalue weighted by molar-refractivity contribution is -0.138. The predicted octanol–water partition coefficient (Wildman–Crippen LogP) is 2.12. The van der Waals surface area contributed by atoms with Crippen molar-refractivity contribution in [3.63, 3.8) is 0 Å². The van der Waals surface area contributed by atoms with E-state index in [1.807, 2.05) is 19.5 Å². The van der Waals surface area contributed by atoms with Crippen molar-refractivity contribution in [2.75, 3.05) is 27.3 Å². The first-order valence-corrected chi connectivity index (χ1v) is 7.23. The van der Waals surface area contributed by atoms with Crippen LogP contribution in [0.1, 0.15) is 32.3 Å². The third kappa shape index (κ3) is 3.46. The molecule has 0 radical (unpaired) electrons. The molecule has 2 rings (SSSR count). The van der Waals surface area contributed by atoms with E-state index in [9.17, 15) is 0 Å². The predicted molar refractivity (Wildman–Crippen MR) is 77.7 cm³/mol. The van der Waals surface area contributed by atoms with Crippen LogP contribution in [0.5, 0.6) is 6.01 Å². The highest BCUT2D eigenvalue weighted by molar-refractivity contribution is 5.09. The van der Waals surface area contributed by atoms with Crippen LogP contribution in [0.25, 0.3) is 0 Å². The molecule has 1 atom stereocenters. The smallest absolute Gasteiger partial charge is 0.316 e. The Kier molecular flexibility index (Phi) is 4.94. The van der Waals surface area contributed by atoms with Crippen LogP contribution in [0.15, 0.2) is 12.4 Å². The lowest BCUT2D eigenvalue weighted by Crippen LogP contribution is -2.62. The van der Waals surface area contributed by atoms with Gasteiger partial charge in [-0.05, 0) is 12.3 Å². The monoisotopic (exact) mass is 279 g/mol. The van der Waals surface area contributed by atoms with Gasteiger partial charge in [-0.1, -0.05) is 20.3 Å². The minimum Gasteiger partial charge on any atom is -0.467 e. The van der Waals surface area contributed by atoms with E-state index in [0.717, 1.165) is 31.6 Å². The van der Waals surface area contributed by atoms with Crippen molar-refractivity contribution < 1.29 is 9.47 Å². The van der Waals surface area contributed by atoms with Gasteiger partial charge in [0.25, 0.3) is 0 Å². The lowest BCUT2D eigenvalue weighted by atomic mass is 9.83. The van der Waals surface area contributed by atoms with Crippen molar-refractivity contribution in [1.29, 1.82) is 0 Å². The second-order valence-corrected chi connectivity index (χ2v) is 5.83. The van der Waals surface area contributed by atoms with Crippen molar-refractivity contribution in [1.82, 2.24) is 14.9 Å². The average molecular weight is 279 g/mol. The molecule has 1 unspecified atom stereocenters. The van der Waals surface area contributed by atoms with Gasteiger partial charge in [0.15, 0.2) is 0 Å². The largest absolute Gasteiger partial charge is 0.467 e. The molecule has 1 saturated heterocycles. The van der Waals surface area contributed by atoms with Crippen LogP contribution in [0.4, 0.5) is 0 Å². The highest BCUT2D eigenvalue weighted by Crippen LogP contribution is 2.33. The molecule has 1 aromatic rings. The fourth-order valence-electron chi connectivity index (χ4n) is 2.79. The summed E-state index contributed by atoms with van der Waals surface area (Å²) in [5.41, 5.74) is 1.15. The van der Waals surface area contributed by atoms with Gasteiger partial charge in [0, 0.05) is 44.7 Å².